The molecule has 4 heterocycles. The molecule has 9 nitrogen and oxygen atoms in total. The van der Waals surface area contributed by atoms with Crippen molar-refractivity contribution in [2.24, 2.45) is 0 Å². The zero-order valence-electron chi connectivity index (χ0n) is 19.5. The van der Waals surface area contributed by atoms with Crippen molar-refractivity contribution in [2.45, 2.75) is 0 Å². The van der Waals surface area contributed by atoms with Gasteiger partial charge in [-0.3, -0.25) is 9.78 Å². The Hall–Kier alpha value is -5.16. The third kappa shape index (κ3) is 3.47. The second-order valence-electron chi connectivity index (χ2n) is 8.73. The van der Waals surface area contributed by atoms with Crippen molar-refractivity contribution >= 4 is 44.4 Å². The zero-order valence-corrected chi connectivity index (χ0v) is 20.3. The van der Waals surface area contributed by atoms with Crippen LogP contribution in [-0.4, -0.2) is 29.5 Å². The van der Waals surface area contributed by atoms with Gasteiger partial charge in [0, 0.05) is 40.1 Å². The van der Waals surface area contributed by atoms with Crippen molar-refractivity contribution in [3.63, 3.8) is 0 Å². The number of pyridine rings is 1. The Bertz CT molecular complexity index is 2230. The zero-order chi connectivity index (χ0) is 26.8. The highest BCUT2D eigenvalue weighted by molar-refractivity contribution is 6.35. The molecule has 190 valence electrons. The van der Waals surface area contributed by atoms with Gasteiger partial charge in [-0.2, -0.15) is 0 Å². The van der Waals surface area contributed by atoms with E-state index in [9.17, 15) is 18.4 Å². The highest BCUT2D eigenvalue weighted by Gasteiger charge is 2.24. The van der Waals surface area contributed by atoms with Gasteiger partial charge in [-0.05, 0) is 18.2 Å². The number of fused-ring (bicyclic) bond motifs is 3. The maximum absolute atomic E-state index is 14.3. The number of furan rings is 1. The Kier molecular flexibility index (Phi) is 4.97. The van der Waals surface area contributed by atoms with Gasteiger partial charge in [-0.25, -0.2) is 22.8 Å². The quantitative estimate of drug-likeness (QED) is 0.330. The predicted molar refractivity (Wildman–Crippen MR) is 141 cm³/mol. The van der Waals surface area contributed by atoms with E-state index in [-0.39, 0.29) is 33.1 Å². The number of benzene rings is 3. The molecule has 0 fully saturated rings. The normalized spacial score (nSPS) is 11.7. The third-order valence-electron chi connectivity index (χ3n) is 6.46. The fraction of sp³-hybridized carbons (Fsp3) is 0. The van der Waals surface area contributed by atoms with Crippen LogP contribution in [0, 0.1) is 11.6 Å². The number of nitrogens with zero attached hydrogens (tertiary/aromatic N) is 5. The molecule has 7 rings (SSSR count). The fourth-order valence-corrected chi connectivity index (χ4v) is 4.97. The molecular weight excluding hydrogens is 530 g/mol. The van der Waals surface area contributed by atoms with Gasteiger partial charge in [0.2, 0.25) is 0 Å². The maximum Gasteiger partial charge on any atom is 0.333 e. The number of aromatic nitrogens is 6. The molecule has 0 amide bonds. The van der Waals surface area contributed by atoms with E-state index in [0.29, 0.717) is 27.3 Å². The molecule has 0 radical (unpaired) electrons. The molecule has 0 spiro atoms. The second kappa shape index (κ2) is 8.43. The average Bonchev–Trinajstić information content (AvgIpc) is 3.56. The van der Waals surface area contributed by atoms with Crippen LogP contribution < -0.4 is 11.2 Å². The van der Waals surface area contributed by atoms with E-state index < -0.39 is 22.9 Å². The van der Waals surface area contributed by atoms with Crippen LogP contribution in [-0.2, 0) is 0 Å². The Morgan fingerprint density at radius 3 is 2.64 bits per heavy atom. The summed E-state index contributed by atoms with van der Waals surface area (Å²) in [5, 5.41) is 10.1. The topological polar surface area (TPSA) is 112 Å². The van der Waals surface area contributed by atoms with Crippen molar-refractivity contribution in [3.05, 3.63) is 111 Å². The van der Waals surface area contributed by atoms with E-state index in [1.807, 2.05) is 0 Å². The number of nitrogens with one attached hydrogen (secondary N) is 1. The van der Waals surface area contributed by atoms with Crippen molar-refractivity contribution < 1.29 is 13.2 Å². The standard InChI is InChI=1S/C27H13ClF2N6O3/c28-17-8-15(7-13-5-6-39-25(13)17)23-24(36-21-10-19(30)18(29)9-20(21)33-34-36)26(37)35(27(38)32-23)22-12-31-11-14-3-1-2-4-16(14)22/h1-12H,(H,32,38). The average molecular weight is 543 g/mol. The maximum atomic E-state index is 14.3. The van der Waals surface area contributed by atoms with Crippen LogP contribution in [0.5, 0.6) is 0 Å². The lowest BCUT2D eigenvalue weighted by atomic mass is 10.1. The second-order valence-corrected chi connectivity index (χ2v) is 9.13. The molecule has 0 unspecified atom stereocenters. The van der Waals surface area contributed by atoms with Gasteiger partial charge >= 0.3 is 5.69 Å². The minimum absolute atomic E-state index is 0.00662. The van der Waals surface area contributed by atoms with Crippen molar-refractivity contribution in [1.29, 1.82) is 0 Å². The number of hydrogen-bond acceptors (Lipinski definition) is 6. The van der Waals surface area contributed by atoms with Gasteiger partial charge in [-0.1, -0.05) is 41.1 Å². The third-order valence-corrected chi connectivity index (χ3v) is 6.74. The van der Waals surface area contributed by atoms with Gasteiger partial charge in [0.1, 0.15) is 5.52 Å². The van der Waals surface area contributed by atoms with Crippen LogP contribution in [0.1, 0.15) is 0 Å². The van der Waals surface area contributed by atoms with Crippen molar-refractivity contribution in [3.8, 4) is 22.6 Å². The first-order chi connectivity index (χ1) is 18.9. The van der Waals surface area contributed by atoms with Crippen LogP contribution in [0.3, 0.4) is 0 Å². The van der Waals surface area contributed by atoms with Crippen LogP contribution in [0.2, 0.25) is 5.02 Å². The Morgan fingerprint density at radius 2 is 1.77 bits per heavy atom. The summed E-state index contributed by atoms with van der Waals surface area (Å²) in [6, 6.07) is 13.7. The molecule has 0 aliphatic carbocycles. The minimum Gasteiger partial charge on any atom is -0.463 e. The molecule has 0 aliphatic rings. The molecule has 3 aromatic carbocycles. The first-order valence-corrected chi connectivity index (χ1v) is 11.9. The van der Waals surface area contributed by atoms with Crippen LogP contribution >= 0.6 is 11.6 Å². The van der Waals surface area contributed by atoms with Gasteiger partial charge in [-0.15, -0.1) is 5.10 Å². The van der Waals surface area contributed by atoms with E-state index in [0.717, 1.165) is 21.4 Å². The van der Waals surface area contributed by atoms with E-state index in [1.165, 1.54) is 18.5 Å². The molecule has 4 aromatic heterocycles. The lowest BCUT2D eigenvalue weighted by Crippen LogP contribution is -2.37. The van der Waals surface area contributed by atoms with Crippen LogP contribution in [0.15, 0.2) is 87.3 Å². The summed E-state index contributed by atoms with van der Waals surface area (Å²) < 4.78 is 35.6. The molecule has 0 aliphatic heterocycles. The Balaban J connectivity index is 1.62. The highest BCUT2D eigenvalue weighted by atomic mass is 35.5. The van der Waals surface area contributed by atoms with Gasteiger partial charge in [0.05, 0.1) is 34.4 Å². The summed E-state index contributed by atoms with van der Waals surface area (Å²) in [6.45, 7) is 0. The van der Waals surface area contributed by atoms with E-state index >= 15 is 0 Å². The molecule has 0 saturated heterocycles. The molecular formula is C27H13ClF2N6O3. The molecule has 1 N–H and O–H groups in total. The fourth-order valence-electron chi connectivity index (χ4n) is 4.69. The Morgan fingerprint density at radius 1 is 0.949 bits per heavy atom. The molecule has 0 bridgehead atoms. The smallest absolute Gasteiger partial charge is 0.333 e. The van der Waals surface area contributed by atoms with Crippen LogP contribution in [0.4, 0.5) is 8.78 Å². The first kappa shape index (κ1) is 23.0. The van der Waals surface area contributed by atoms with Crippen LogP contribution in [0.25, 0.3) is 55.4 Å². The summed E-state index contributed by atoms with van der Waals surface area (Å²) in [6.07, 6.45) is 4.46. The first-order valence-electron chi connectivity index (χ1n) is 11.5. The van der Waals surface area contributed by atoms with Crippen molar-refractivity contribution in [1.82, 2.24) is 29.5 Å². The molecule has 0 saturated carbocycles. The summed E-state index contributed by atoms with van der Waals surface area (Å²) in [5.74, 6) is -2.27. The lowest BCUT2D eigenvalue weighted by molar-refractivity contribution is 0.510. The number of rotatable bonds is 3. The largest absolute Gasteiger partial charge is 0.463 e. The summed E-state index contributed by atoms with van der Waals surface area (Å²) in [4.78, 5) is 34.7. The molecule has 12 heteroatoms. The molecule has 7 aromatic rings. The minimum atomic E-state index is -1.15. The lowest BCUT2D eigenvalue weighted by Gasteiger charge is -2.14. The SMILES string of the molecule is O=c1[nH]c(-c2cc(Cl)c3occc3c2)c(-n2nnc3cc(F)c(F)cc32)c(=O)n1-c1cncc2ccccc12. The monoisotopic (exact) mass is 542 g/mol. The number of hydrogen-bond donors (Lipinski definition) is 1. The summed E-state index contributed by atoms with van der Waals surface area (Å²) >= 11 is 6.43. The number of H-pyrrole nitrogens is 1. The molecule has 39 heavy (non-hydrogen) atoms. The van der Waals surface area contributed by atoms with Gasteiger partial charge in [0.15, 0.2) is 22.9 Å². The molecule has 0 atom stereocenters. The number of aromatic amines is 1. The van der Waals surface area contributed by atoms with E-state index in [1.54, 1.807) is 42.6 Å². The van der Waals surface area contributed by atoms with Crippen molar-refractivity contribution in [2.75, 3.05) is 0 Å². The van der Waals surface area contributed by atoms with Gasteiger partial charge < -0.3 is 9.40 Å². The highest BCUT2D eigenvalue weighted by Crippen LogP contribution is 2.33. The number of halogens is 3. The predicted octanol–water partition coefficient (Wildman–Crippen LogP) is 5.15. The summed E-state index contributed by atoms with van der Waals surface area (Å²) in [5.41, 5.74) is -0.683. The van der Waals surface area contributed by atoms with Gasteiger partial charge in [0.25, 0.3) is 5.56 Å². The Labute approximate surface area is 220 Å². The summed E-state index contributed by atoms with van der Waals surface area (Å²) in [7, 11) is 0. The van der Waals surface area contributed by atoms with E-state index in [4.69, 9.17) is 16.0 Å². The van der Waals surface area contributed by atoms with E-state index in [2.05, 4.69) is 20.3 Å².